The van der Waals surface area contributed by atoms with Crippen LogP contribution in [0, 0.1) is 13.8 Å². The van der Waals surface area contributed by atoms with Crippen LogP contribution in [0.2, 0.25) is 0 Å². The van der Waals surface area contributed by atoms with Gasteiger partial charge in [-0.1, -0.05) is 0 Å². The van der Waals surface area contributed by atoms with Gasteiger partial charge >= 0.3 is 5.91 Å². The maximum Gasteiger partial charge on any atom is 0.311 e. The molecule has 0 aliphatic carbocycles. The topological polar surface area (TPSA) is 112 Å². The quantitative estimate of drug-likeness (QED) is 0.506. The Bertz CT molecular complexity index is 1030. The fourth-order valence-corrected chi connectivity index (χ4v) is 2.65. The molecular weight excluding hydrogens is 364 g/mol. The van der Waals surface area contributed by atoms with Crippen LogP contribution in [0.3, 0.4) is 0 Å². The third kappa shape index (κ3) is 3.70. The van der Waals surface area contributed by atoms with Gasteiger partial charge < -0.3 is 14.2 Å². The van der Waals surface area contributed by atoms with Crippen molar-refractivity contribution in [3.05, 3.63) is 41.0 Å². The van der Waals surface area contributed by atoms with Crippen LogP contribution in [0.25, 0.3) is 5.78 Å². The number of methoxy groups -OCH3 is 3. The lowest BCUT2D eigenvalue weighted by Crippen LogP contribution is -2.19. The molecule has 0 aliphatic rings. The number of aryl methyl sites for hydroxylation is 2. The number of aromatic nitrogens is 4. The molecule has 146 valence electrons. The van der Waals surface area contributed by atoms with Crippen molar-refractivity contribution in [1.29, 1.82) is 0 Å². The number of hydrogen-bond acceptors (Lipinski definition) is 8. The van der Waals surface area contributed by atoms with Gasteiger partial charge in [-0.15, -0.1) is 5.10 Å². The number of carbonyl (C=O) groups is 1. The van der Waals surface area contributed by atoms with E-state index in [0.29, 0.717) is 28.6 Å². The van der Waals surface area contributed by atoms with Crippen LogP contribution in [-0.4, -0.2) is 53.0 Å². The zero-order valence-corrected chi connectivity index (χ0v) is 16.2. The minimum Gasteiger partial charge on any atom is -0.493 e. The Morgan fingerprint density at radius 1 is 1.07 bits per heavy atom. The lowest BCUT2D eigenvalue weighted by atomic mass is 10.2. The first-order chi connectivity index (χ1) is 13.5. The Labute approximate surface area is 161 Å². The predicted octanol–water partition coefficient (Wildman–Crippen LogP) is 1.53. The van der Waals surface area contributed by atoms with E-state index in [1.165, 1.54) is 32.1 Å². The first kappa shape index (κ1) is 19.1. The molecule has 1 amide bonds. The fraction of sp³-hybridized carbons (Fsp3) is 0.278. The average molecular weight is 384 g/mol. The number of ether oxygens (including phenoxy) is 3. The van der Waals surface area contributed by atoms with Crippen molar-refractivity contribution < 1.29 is 19.0 Å². The maximum absolute atomic E-state index is 12.3. The molecule has 0 fully saturated rings. The highest BCUT2D eigenvalue weighted by atomic mass is 16.5. The average Bonchev–Trinajstić information content (AvgIpc) is 3.11. The van der Waals surface area contributed by atoms with E-state index in [1.807, 2.05) is 19.9 Å². The summed E-state index contributed by atoms with van der Waals surface area (Å²) < 4.78 is 17.4. The summed E-state index contributed by atoms with van der Waals surface area (Å²) in [5.74, 6) is 1.21. The lowest BCUT2D eigenvalue weighted by Gasteiger charge is -2.12. The minimum atomic E-state index is -0.550. The Morgan fingerprint density at radius 3 is 2.36 bits per heavy atom. The van der Waals surface area contributed by atoms with Crippen LogP contribution in [-0.2, 0) is 0 Å². The van der Waals surface area contributed by atoms with E-state index >= 15 is 0 Å². The molecular formula is C18H20N6O4. The summed E-state index contributed by atoms with van der Waals surface area (Å²) in [6.07, 6.45) is 1.45. The van der Waals surface area contributed by atoms with Gasteiger partial charge in [-0.3, -0.25) is 4.79 Å². The summed E-state index contributed by atoms with van der Waals surface area (Å²) >= 11 is 0. The molecule has 2 heterocycles. The van der Waals surface area contributed by atoms with E-state index in [2.05, 4.69) is 25.6 Å². The third-order valence-corrected chi connectivity index (χ3v) is 3.89. The second-order valence-corrected chi connectivity index (χ2v) is 5.84. The smallest absolute Gasteiger partial charge is 0.311 e. The highest BCUT2D eigenvalue weighted by Crippen LogP contribution is 2.37. The highest BCUT2D eigenvalue weighted by Gasteiger charge is 2.15. The van der Waals surface area contributed by atoms with Crippen molar-refractivity contribution >= 4 is 17.9 Å². The zero-order chi connectivity index (χ0) is 20.3. The molecule has 10 nitrogen and oxygen atoms in total. The Morgan fingerprint density at radius 2 is 1.75 bits per heavy atom. The molecule has 3 rings (SSSR count). The summed E-state index contributed by atoms with van der Waals surface area (Å²) in [6.45, 7) is 3.71. The van der Waals surface area contributed by atoms with Gasteiger partial charge in [0.15, 0.2) is 11.5 Å². The van der Waals surface area contributed by atoms with E-state index in [0.717, 1.165) is 11.4 Å². The number of nitrogens with one attached hydrogen (secondary N) is 1. The number of benzene rings is 1. The van der Waals surface area contributed by atoms with Crippen molar-refractivity contribution in [3.8, 4) is 17.2 Å². The molecule has 0 bridgehead atoms. The number of hydrogen-bond donors (Lipinski definition) is 1. The van der Waals surface area contributed by atoms with Crippen LogP contribution in [0.1, 0.15) is 27.6 Å². The van der Waals surface area contributed by atoms with Crippen molar-refractivity contribution in [2.24, 2.45) is 5.10 Å². The highest BCUT2D eigenvalue weighted by molar-refractivity contribution is 5.92. The Balaban J connectivity index is 1.79. The van der Waals surface area contributed by atoms with Crippen LogP contribution in [0.4, 0.5) is 0 Å². The molecule has 2 aromatic heterocycles. The molecule has 1 aromatic carbocycles. The summed E-state index contributed by atoms with van der Waals surface area (Å²) in [6, 6.07) is 5.26. The summed E-state index contributed by atoms with van der Waals surface area (Å²) in [5.41, 5.74) is 4.67. The predicted molar refractivity (Wildman–Crippen MR) is 101 cm³/mol. The molecule has 0 aliphatic heterocycles. The van der Waals surface area contributed by atoms with E-state index in [9.17, 15) is 4.79 Å². The first-order valence-corrected chi connectivity index (χ1v) is 8.31. The van der Waals surface area contributed by atoms with Crippen molar-refractivity contribution in [1.82, 2.24) is 25.0 Å². The first-order valence-electron chi connectivity index (χ1n) is 8.31. The van der Waals surface area contributed by atoms with Gasteiger partial charge in [0, 0.05) is 17.0 Å². The number of nitrogens with zero attached hydrogens (tertiary/aromatic N) is 5. The molecule has 0 atom stereocenters. The van der Waals surface area contributed by atoms with Crippen LogP contribution in [0.15, 0.2) is 23.3 Å². The second-order valence-electron chi connectivity index (χ2n) is 5.84. The molecule has 1 N–H and O–H groups in total. The van der Waals surface area contributed by atoms with Gasteiger partial charge in [0.05, 0.1) is 27.5 Å². The summed E-state index contributed by atoms with van der Waals surface area (Å²) in [4.78, 5) is 20.7. The van der Waals surface area contributed by atoms with Crippen molar-refractivity contribution in [3.63, 3.8) is 0 Å². The maximum atomic E-state index is 12.3. The molecule has 0 spiro atoms. The molecule has 3 aromatic rings. The lowest BCUT2D eigenvalue weighted by molar-refractivity contribution is 0.0945. The summed E-state index contributed by atoms with van der Waals surface area (Å²) in [5, 5.41) is 8.11. The van der Waals surface area contributed by atoms with E-state index in [1.54, 1.807) is 12.1 Å². The Kier molecular flexibility index (Phi) is 5.39. The van der Waals surface area contributed by atoms with Gasteiger partial charge in [0.25, 0.3) is 5.78 Å². The van der Waals surface area contributed by atoms with Crippen LogP contribution >= 0.6 is 0 Å². The van der Waals surface area contributed by atoms with E-state index in [-0.39, 0.29) is 5.82 Å². The van der Waals surface area contributed by atoms with E-state index in [4.69, 9.17) is 14.2 Å². The number of fused-ring (bicyclic) bond motifs is 1. The van der Waals surface area contributed by atoms with Gasteiger partial charge in [-0.05, 0) is 32.0 Å². The monoisotopic (exact) mass is 384 g/mol. The minimum absolute atomic E-state index is 0.0248. The van der Waals surface area contributed by atoms with Gasteiger partial charge in [-0.25, -0.2) is 14.9 Å². The fourth-order valence-electron chi connectivity index (χ4n) is 2.65. The number of hydrazone groups is 1. The molecule has 0 unspecified atom stereocenters. The zero-order valence-electron chi connectivity index (χ0n) is 16.2. The summed E-state index contributed by atoms with van der Waals surface area (Å²) in [7, 11) is 4.56. The van der Waals surface area contributed by atoms with Gasteiger partial charge in [-0.2, -0.15) is 10.1 Å². The van der Waals surface area contributed by atoms with Gasteiger partial charge in [0.2, 0.25) is 11.6 Å². The van der Waals surface area contributed by atoms with Crippen molar-refractivity contribution in [2.75, 3.05) is 21.3 Å². The standard InChI is InChI=1S/C18H20N6O4/c1-10-6-11(2)24-18(20-10)21-16(23-24)17(25)22-19-9-12-7-13(26-3)15(28-5)14(8-12)27-4/h6-9H,1-5H3,(H,22,25)/b19-9-. The molecule has 0 saturated carbocycles. The molecule has 0 saturated heterocycles. The van der Waals surface area contributed by atoms with Crippen LogP contribution < -0.4 is 19.6 Å². The molecule has 28 heavy (non-hydrogen) atoms. The second kappa shape index (κ2) is 7.91. The number of amides is 1. The molecule has 10 heteroatoms. The van der Waals surface area contributed by atoms with E-state index < -0.39 is 5.91 Å². The third-order valence-electron chi connectivity index (χ3n) is 3.89. The normalized spacial score (nSPS) is 11.0. The van der Waals surface area contributed by atoms with Crippen LogP contribution in [0.5, 0.6) is 17.2 Å². The SMILES string of the molecule is COc1cc(/C=N\NC(=O)c2nc3nc(C)cc(C)n3n2)cc(OC)c1OC. The van der Waals surface area contributed by atoms with Crippen molar-refractivity contribution in [2.45, 2.75) is 13.8 Å². The largest absolute Gasteiger partial charge is 0.493 e. The van der Waals surface area contributed by atoms with Gasteiger partial charge in [0.1, 0.15) is 0 Å². The Hall–Kier alpha value is -3.69. The molecule has 0 radical (unpaired) electrons. The number of rotatable bonds is 6. The number of carbonyl (C=O) groups excluding carboxylic acids is 1.